The number of amides is 2. The van der Waals surface area contributed by atoms with Crippen molar-refractivity contribution in [3.63, 3.8) is 0 Å². The van der Waals surface area contributed by atoms with Crippen LogP contribution in [-0.4, -0.2) is 34.3 Å². The maximum atomic E-state index is 12.9. The molecule has 0 bridgehead atoms. The van der Waals surface area contributed by atoms with E-state index in [9.17, 15) is 9.59 Å². The van der Waals surface area contributed by atoms with E-state index in [1.54, 1.807) is 0 Å². The van der Waals surface area contributed by atoms with Crippen LogP contribution in [0.3, 0.4) is 0 Å². The van der Waals surface area contributed by atoms with E-state index in [4.69, 9.17) is 0 Å². The molecule has 1 aliphatic heterocycles. The summed E-state index contributed by atoms with van der Waals surface area (Å²) in [6.07, 6.45) is 8.06. The van der Waals surface area contributed by atoms with Crippen LogP contribution in [0.1, 0.15) is 57.4 Å². The highest BCUT2D eigenvalue weighted by molar-refractivity contribution is 7.22. The second-order valence-corrected chi connectivity index (χ2v) is 8.72. The van der Waals surface area contributed by atoms with E-state index in [-0.39, 0.29) is 23.8 Å². The number of carbonyl (C=O) groups is 2. The Hall–Kier alpha value is -1.95. The van der Waals surface area contributed by atoms with Gasteiger partial charge in [0.2, 0.25) is 11.8 Å². The third-order valence-corrected chi connectivity index (χ3v) is 6.82. The van der Waals surface area contributed by atoms with Crippen LogP contribution in [0.2, 0.25) is 0 Å². The number of benzene rings is 1. The van der Waals surface area contributed by atoms with Crippen LogP contribution in [0.5, 0.6) is 0 Å². The number of hydrogen-bond donors (Lipinski definition) is 1. The summed E-state index contributed by atoms with van der Waals surface area (Å²) in [6.45, 7) is 2.83. The fourth-order valence-corrected chi connectivity index (χ4v) is 5.25. The molecule has 1 saturated carbocycles. The average Bonchev–Trinajstić information content (AvgIpc) is 3.34. The Bertz CT molecular complexity index is 841. The highest BCUT2D eigenvalue weighted by atomic mass is 32.1. The zero-order chi connectivity index (χ0) is 18.8. The standard InChI is InChI=1S/C21H27N3O2S/c1-2-14-10-11-16-18(13-14)27-21(22-16)23-19(25)17-9-6-12-24(17)20(26)15-7-4-3-5-8-15/h10-11,13,15,17H,2-9,12H2,1H3,(H,22,23,25)/t17-/m0/s1. The normalized spacial score (nSPS) is 20.9. The summed E-state index contributed by atoms with van der Waals surface area (Å²) in [5, 5.41) is 3.60. The molecule has 2 aromatic rings. The van der Waals surface area contributed by atoms with Gasteiger partial charge in [0.1, 0.15) is 6.04 Å². The summed E-state index contributed by atoms with van der Waals surface area (Å²) in [4.78, 5) is 32.2. The minimum Gasteiger partial charge on any atom is -0.330 e. The van der Waals surface area contributed by atoms with Crippen molar-refractivity contribution in [2.45, 2.75) is 64.3 Å². The van der Waals surface area contributed by atoms with Gasteiger partial charge in [0, 0.05) is 12.5 Å². The summed E-state index contributed by atoms with van der Waals surface area (Å²) in [6, 6.07) is 5.87. The molecule has 4 rings (SSSR count). The molecule has 2 aliphatic rings. The van der Waals surface area contributed by atoms with E-state index in [0.717, 1.165) is 55.2 Å². The number of nitrogens with one attached hydrogen (secondary N) is 1. The average molecular weight is 386 g/mol. The summed E-state index contributed by atoms with van der Waals surface area (Å²) < 4.78 is 1.09. The predicted molar refractivity (Wildman–Crippen MR) is 109 cm³/mol. The largest absolute Gasteiger partial charge is 0.330 e. The molecule has 0 unspecified atom stereocenters. The van der Waals surface area contributed by atoms with Gasteiger partial charge in [-0.2, -0.15) is 0 Å². The van der Waals surface area contributed by atoms with Crippen molar-refractivity contribution in [1.82, 2.24) is 9.88 Å². The molecule has 2 heterocycles. The van der Waals surface area contributed by atoms with E-state index >= 15 is 0 Å². The first-order chi connectivity index (χ1) is 13.2. The van der Waals surface area contributed by atoms with Gasteiger partial charge in [-0.05, 0) is 49.8 Å². The molecule has 2 fully saturated rings. The number of nitrogens with zero attached hydrogens (tertiary/aromatic N) is 2. The van der Waals surface area contributed by atoms with Gasteiger partial charge in [0.05, 0.1) is 10.2 Å². The molecule has 2 amide bonds. The smallest absolute Gasteiger partial charge is 0.248 e. The number of thiazole rings is 1. The molecule has 0 radical (unpaired) electrons. The van der Waals surface area contributed by atoms with Gasteiger partial charge in [-0.25, -0.2) is 4.98 Å². The Morgan fingerprint density at radius 2 is 2.00 bits per heavy atom. The molecule has 1 aliphatic carbocycles. The number of rotatable bonds is 4. The van der Waals surface area contributed by atoms with E-state index in [0.29, 0.717) is 11.7 Å². The number of likely N-dealkylation sites (tertiary alicyclic amines) is 1. The topological polar surface area (TPSA) is 62.3 Å². The van der Waals surface area contributed by atoms with Crippen molar-refractivity contribution in [1.29, 1.82) is 0 Å². The first-order valence-corrected chi connectivity index (χ1v) is 11.0. The van der Waals surface area contributed by atoms with E-state index in [2.05, 4.69) is 29.4 Å². The molecule has 1 aromatic heterocycles. The summed E-state index contributed by atoms with van der Waals surface area (Å²) in [7, 11) is 0. The predicted octanol–water partition coefficient (Wildman–Crippen LogP) is 4.37. The number of hydrogen-bond acceptors (Lipinski definition) is 4. The first-order valence-electron chi connectivity index (χ1n) is 10.2. The Balaban J connectivity index is 1.46. The lowest BCUT2D eigenvalue weighted by Crippen LogP contribution is -2.46. The van der Waals surface area contributed by atoms with Crippen molar-refractivity contribution < 1.29 is 9.59 Å². The van der Waals surface area contributed by atoms with Crippen molar-refractivity contribution in [3.05, 3.63) is 23.8 Å². The Kier molecular flexibility index (Phi) is 5.43. The maximum absolute atomic E-state index is 12.9. The summed E-state index contributed by atoms with van der Waals surface area (Å²) >= 11 is 1.51. The van der Waals surface area contributed by atoms with Crippen LogP contribution < -0.4 is 5.32 Å². The third kappa shape index (κ3) is 3.86. The molecule has 1 saturated heterocycles. The zero-order valence-electron chi connectivity index (χ0n) is 15.9. The molecule has 1 atom stereocenters. The van der Waals surface area contributed by atoms with Crippen LogP contribution in [0.25, 0.3) is 10.2 Å². The van der Waals surface area contributed by atoms with E-state index in [1.807, 2.05) is 11.0 Å². The van der Waals surface area contributed by atoms with Crippen molar-refractivity contribution in [3.8, 4) is 0 Å². The Labute approximate surface area is 164 Å². The third-order valence-electron chi connectivity index (χ3n) is 5.88. The fraction of sp³-hybridized carbons (Fsp3) is 0.571. The molecular formula is C21H27N3O2S. The van der Waals surface area contributed by atoms with Crippen molar-refractivity contribution in [2.24, 2.45) is 5.92 Å². The molecule has 1 N–H and O–H groups in total. The molecule has 6 heteroatoms. The number of carbonyl (C=O) groups excluding carboxylic acids is 2. The summed E-state index contributed by atoms with van der Waals surface area (Å²) in [5.74, 6) is 0.206. The highest BCUT2D eigenvalue weighted by Gasteiger charge is 2.37. The lowest BCUT2D eigenvalue weighted by atomic mass is 9.88. The van der Waals surface area contributed by atoms with Gasteiger partial charge < -0.3 is 10.2 Å². The highest BCUT2D eigenvalue weighted by Crippen LogP contribution is 2.31. The van der Waals surface area contributed by atoms with Gasteiger partial charge in [-0.3, -0.25) is 9.59 Å². The lowest BCUT2D eigenvalue weighted by Gasteiger charge is -2.29. The Morgan fingerprint density at radius 3 is 2.78 bits per heavy atom. The van der Waals surface area contributed by atoms with Gasteiger partial charge in [-0.1, -0.05) is 43.6 Å². The molecule has 144 valence electrons. The van der Waals surface area contributed by atoms with Gasteiger partial charge in [-0.15, -0.1) is 0 Å². The maximum Gasteiger partial charge on any atom is 0.248 e. The summed E-state index contributed by atoms with van der Waals surface area (Å²) in [5.41, 5.74) is 2.18. The van der Waals surface area contributed by atoms with Crippen LogP contribution in [-0.2, 0) is 16.0 Å². The molecular weight excluding hydrogens is 358 g/mol. The second-order valence-electron chi connectivity index (χ2n) is 7.69. The molecule has 1 aromatic carbocycles. The van der Waals surface area contributed by atoms with E-state index < -0.39 is 0 Å². The van der Waals surface area contributed by atoms with Gasteiger partial charge in [0.15, 0.2) is 5.13 Å². The zero-order valence-corrected chi connectivity index (χ0v) is 16.7. The minimum atomic E-state index is -0.349. The molecule has 5 nitrogen and oxygen atoms in total. The van der Waals surface area contributed by atoms with Crippen LogP contribution >= 0.6 is 11.3 Å². The fourth-order valence-electron chi connectivity index (χ4n) is 4.32. The van der Waals surface area contributed by atoms with Crippen LogP contribution in [0.15, 0.2) is 18.2 Å². The Morgan fingerprint density at radius 1 is 1.19 bits per heavy atom. The van der Waals surface area contributed by atoms with Crippen molar-refractivity contribution in [2.75, 3.05) is 11.9 Å². The van der Waals surface area contributed by atoms with Crippen molar-refractivity contribution >= 4 is 38.5 Å². The number of aryl methyl sites for hydroxylation is 1. The quantitative estimate of drug-likeness (QED) is 0.850. The monoisotopic (exact) mass is 385 g/mol. The lowest BCUT2D eigenvalue weighted by molar-refractivity contribution is -0.141. The van der Waals surface area contributed by atoms with E-state index in [1.165, 1.54) is 23.3 Å². The SMILES string of the molecule is CCc1ccc2nc(NC(=O)[C@@H]3CCCN3C(=O)C3CCCCC3)sc2c1. The molecule has 0 spiro atoms. The van der Waals surface area contributed by atoms with Gasteiger partial charge in [0.25, 0.3) is 0 Å². The minimum absolute atomic E-state index is 0.0913. The molecule has 27 heavy (non-hydrogen) atoms. The van der Waals surface area contributed by atoms with Gasteiger partial charge >= 0.3 is 0 Å². The first kappa shape index (κ1) is 18.4. The van der Waals surface area contributed by atoms with Crippen LogP contribution in [0, 0.1) is 5.92 Å². The van der Waals surface area contributed by atoms with Crippen LogP contribution in [0.4, 0.5) is 5.13 Å². The number of anilines is 1. The second kappa shape index (κ2) is 7.97. The number of aromatic nitrogens is 1. The number of fused-ring (bicyclic) bond motifs is 1.